The van der Waals surface area contributed by atoms with Crippen LogP contribution in [0.25, 0.3) is 11.1 Å². The van der Waals surface area contributed by atoms with Gasteiger partial charge in [0, 0.05) is 19.6 Å². The number of rotatable bonds is 11. The number of carbonyl (C=O) groups is 3. The minimum absolute atomic E-state index is 0.0112. The lowest BCUT2D eigenvalue weighted by atomic mass is 9.98. The molecule has 2 aliphatic rings. The molecule has 180 valence electrons. The van der Waals surface area contributed by atoms with Gasteiger partial charge in [0.2, 0.25) is 5.91 Å². The first-order valence-corrected chi connectivity index (χ1v) is 11.6. The topological polar surface area (TPSA) is 114 Å². The number of fused-ring (bicyclic) bond motifs is 3. The van der Waals surface area contributed by atoms with Gasteiger partial charge in [0.1, 0.15) is 12.6 Å². The average molecular weight is 467 g/mol. The first-order chi connectivity index (χ1) is 16.5. The highest BCUT2D eigenvalue weighted by Crippen LogP contribution is 2.44. The maximum absolute atomic E-state index is 12.6. The Bertz CT molecular complexity index is 1010. The van der Waals surface area contributed by atoms with Gasteiger partial charge in [0.15, 0.2) is 0 Å². The van der Waals surface area contributed by atoms with Gasteiger partial charge in [-0.2, -0.15) is 0 Å². The summed E-state index contributed by atoms with van der Waals surface area (Å²) < 4.78 is 10.6. The molecule has 2 aromatic rings. The van der Waals surface area contributed by atoms with Crippen LogP contribution in [0, 0.1) is 11.8 Å². The van der Waals surface area contributed by atoms with E-state index >= 15 is 0 Å². The van der Waals surface area contributed by atoms with Gasteiger partial charge in [-0.25, -0.2) is 4.79 Å². The molecule has 2 amide bonds. The monoisotopic (exact) mass is 466 g/mol. The fraction of sp³-hybridized carbons (Fsp3) is 0.423. The van der Waals surface area contributed by atoms with Crippen molar-refractivity contribution in [1.82, 2.24) is 10.6 Å². The molecule has 4 rings (SSSR count). The molecule has 0 aliphatic heterocycles. The number of amides is 2. The molecule has 3 N–H and O–H groups in total. The minimum atomic E-state index is -0.990. The van der Waals surface area contributed by atoms with Crippen molar-refractivity contribution in [1.29, 1.82) is 0 Å². The molecule has 0 aromatic heterocycles. The van der Waals surface area contributed by atoms with Crippen LogP contribution in [0.5, 0.6) is 0 Å². The van der Waals surface area contributed by atoms with Crippen LogP contribution in [0.3, 0.4) is 0 Å². The number of carboxylic acid groups (broad SMARTS) is 1. The lowest BCUT2D eigenvalue weighted by Crippen LogP contribution is -2.50. The maximum atomic E-state index is 12.6. The molecular weight excluding hydrogens is 436 g/mol. The molecule has 34 heavy (non-hydrogen) atoms. The Morgan fingerprint density at radius 3 is 2.21 bits per heavy atom. The summed E-state index contributed by atoms with van der Waals surface area (Å²) in [5.74, 6) is -1.75. The molecule has 2 aromatic carbocycles. The van der Waals surface area contributed by atoms with E-state index in [4.69, 9.17) is 9.47 Å². The number of methoxy groups -OCH3 is 1. The van der Waals surface area contributed by atoms with Crippen LogP contribution >= 0.6 is 0 Å². The van der Waals surface area contributed by atoms with Gasteiger partial charge in [0.25, 0.3) is 0 Å². The van der Waals surface area contributed by atoms with Crippen molar-refractivity contribution in [3.8, 4) is 11.1 Å². The Labute approximate surface area is 198 Å². The molecule has 0 radical (unpaired) electrons. The molecular formula is C26H30N2O6. The van der Waals surface area contributed by atoms with E-state index in [0.717, 1.165) is 35.1 Å². The number of benzene rings is 2. The van der Waals surface area contributed by atoms with Gasteiger partial charge in [-0.15, -0.1) is 0 Å². The Morgan fingerprint density at radius 1 is 1.03 bits per heavy atom. The largest absolute Gasteiger partial charge is 0.481 e. The zero-order chi connectivity index (χ0) is 24.1. The number of carbonyl (C=O) groups excluding carboxylic acids is 2. The number of aliphatic carboxylic acids is 1. The lowest BCUT2D eigenvalue weighted by Gasteiger charge is -2.20. The Hall–Kier alpha value is -3.39. The standard InChI is InChI=1S/C26H30N2O6/c1-33-15-23(24(29)27-13-17(25(30)31)12-16-10-11-16)28-26(32)34-14-22-20-8-4-2-6-18(20)19-7-3-5-9-21(19)22/h2-9,16-17,22-23H,10-15H2,1H3,(H,27,29)(H,28,32)(H,30,31)/t17?,23-/m0/s1. The number of alkyl carbamates (subject to hydrolysis) is 1. The molecule has 2 atom stereocenters. The first kappa shape index (κ1) is 23.8. The number of hydrogen-bond donors (Lipinski definition) is 3. The molecule has 2 aliphatic carbocycles. The number of carboxylic acids is 1. The third kappa shape index (κ3) is 5.56. The maximum Gasteiger partial charge on any atom is 0.407 e. The van der Waals surface area contributed by atoms with E-state index in [-0.39, 0.29) is 25.7 Å². The van der Waals surface area contributed by atoms with Crippen LogP contribution < -0.4 is 10.6 Å². The Morgan fingerprint density at radius 2 is 1.65 bits per heavy atom. The highest BCUT2D eigenvalue weighted by Gasteiger charge is 2.31. The summed E-state index contributed by atoms with van der Waals surface area (Å²) in [4.78, 5) is 36.7. The van der Waals surface area contributed by atoms with E-state index in [1.165, 1.54) is 7.11 Å². The van der Waals surface area contributed by atoms with Gasteiger partial charge >= 0.3 is 12.1 Å². The Kier molecular flexibility index (Phi) is 7.47. The van der Waals surface area contributed by atoms with Gasteiger partial charge in [-0.1, -0.05) is 61.4 Å². The van der Waals surface area contributed by atoms with Gasteiger partial charge in [-0.05, 0) is 34.6 Å². The summed E-state index contributed by atoms with van der Waals surface area (Å²) in [6, 6.07) is 15.1. The average Bonchev–Trinajstić information content (AvgIpc) is 3.60. The summed E-state index contributed by atoms with van der Waals surface area (Å²) in [6.07, 6.45) is 1.89. The highest BCUT2D eigenvalue weighted by atomic mass is 16.5. The van der Waals surface area contributed by atoms with Crippen molar-refractivity contribution in [2.75, 3.05) is 26.9 Å². The van der Waals surface area contributed by atoms with Crippen molar-refractivity contribution >= 4 is 18.0 Å². The van der Waals surface area contributed by atoms with Crippen molar-refractivity contribution in [2.45, 2.75) is 31.2 Å². The second-order valence-electron chi connectivity index (χ2n) is 8.94. The molecule has 0 spiro atoms. The van der Waals surface area contributed by atoms with Crippen molar-refractivity contribution < 1.29 is 29.0 Å². The van der Waals surface area contributed by atoms with Gasteiger partial charge in [0.05, 0.1) is 12.5 Å². The van der Waals surface area contributed by atoms with Crippen LogP contribution in [-0.2, 0) is 19.1 Å². The van der Waals surface area contributed by atoms with Gasteiger partial charge < -0.3 is 25.2 Å². The summed E-state index contributed by atoms with van der Waals surface area (Å²) >= 11 is 0. The summed E-state index contributed by atoms with van der Waals surface area (Å²) in [5, 5.41) is 14.6. The SMILES string of the molecule is COC[C@H](NC(=O)OCC1c2ccccc2-c2ccccc21)C(=O)NCC(CC1CC1)C(=O)O. The zero-order valence-electron chi connectivity index (χ0n) is 19.2. The number of ether oxygens (including phenoxy) is 2. The second kappa shape index (κ2) is 10.7. The van der Waals surface area contributed by atoms with Crippen LogP contribution in [0.4, 0.5) is 4.79 Å². The third-order valence-corrected chi connectivity index (χ3v) is 6.47. The molecule has 0 bridgehead atoms. The normalized spacial score (nSPS) is 16.1. The van der Waals surface area contributed by atoms with Crippen LogP contribution in [0.2, 0.25) is 0 Å². The summed E-state index contributed by atoms with van der Waals surface area (Å²) in [5.41, 5.74) is 4.45. The second-order valence-corrected chi connectivity index (χ2v) is 8.94. The molecule has 0 heterocycles. The predicted octanol–water partition coefficient (Wildman–Crippen LogP) is 3.16. The minimum Gasteiger partial charge on any atom is -0.481 e. The van der Waals surface area contributed by atoms with Crippen molar-refractivity contribution in [3.05, 3.63) is 59.7 Å². The molecule has 1 fully saturated rings. The molecule has 1 unspecified atom stereocenters. The van der Waals surface area contributed by atoms with Crippen LogP contribution in [-0.4, -0.2) is 56.0 Å². The van der Waals surface area contributed by atoms with E-state index in [0.29, 0.717) is 12.3 Å². The zero-order valence-corrected chi connectivity index (χ0v) is 19.2. The van der Waals surface area contributed by atoms with Crippen molar-refractivity contribution in [3.63, 3.8) is 0 Å². The van der Waals surface area contributed by atoms with E-state index < -0.39 is 29.9 Å². The Balaban J connectivity index is 1.33. The number of hydrogen-bond acceptors (Lipinski definition) is 5. The third-order valence-electron chi connectivity index (χ3n) is 6.47. The fourth-order valence-electron chi connectivity index (χ4n) is 4.51. The van der Waals surface area contributed by atoms with Crippen LogP contribution in [0.1, 0.15) is 36.3 Å². The van der Waals surface area contributed by atoms with E-state index in [1.807, 2.05) is 36.4 Å². The van der Waals surface area contributed by atoms with E-state index in [9.17, 15) is 19.5 Å². The lowest BCUT2D eigenvalue weighted by molar-refractivity contribution is -0.142. The molecule has 1 saturated carbocycles. The fourth-order valence-corrected chi connectivity index (χ4v) is 4.51. The summed E-state index contributed by atoms with van der Waals surface area (Å²) in [6.45, 7) is 0.0807. The van der Waals surface area contributed by atoms with Crippen molar-refractivity contribution in [2.24, 2.45) is 11.8 Å². The molecule has 8 heteroatoms. The predicted molar refractivity (Wildman–Crippen MR) is 125 cm³/mol. The quantitative estimate of drug-likeness (QED) is 0.469. The van der Waals surface area contributed by atoms with E-state index in [2.05, 4.69) is 22.8 Å². The number of nitrogens with one attached hydrogen (secondary N) is 2. The molecule has 8 nitrogen and oxygen atoms in total. The van der Waals surface area contributed by atoms with Gasteiger partial charge in [-0.3, -0.25) is 9.59 Å². The first-order valence-electron chi connectivity index (χ1n) is 11.6. The molecule has 0 saturated heterocycles. The summed E-state index contributed by atoms with van der Waals surface area (Å²) in [7, 11) is 1.42. The van der Waals surface area contributed by atoms with Crippen LogP contribution in [0.15, 0.2) is 48.5 Å². The smallest absolute Gasteiger partial charge is 0.407 e. The highest BCUT2D eigenvalue weighted by molar-refractivity contribution is 5.86. The van der Waals surface area contributed by atoms with E-state index in [1.54, 1.807) is 0 Å².